The lowest BCUT2D eigenvalue weighted by Gasteiger charge is -2.26. The van der Waals surface area contributed by atoms with Gasteiger partial charge in [-0.25, -0.2) is 4.79 Å². The van der Waals surface area contributed by atoms with E-state index in [9.17, 15) is 9.90 Å². The van der Waals surface area contributed by atoms with Crippen molar-refractivity contribution in [2.75, 3.05) is 33.4 Å². The largest absolute Gasteiger partial charge is 0.497 e. The SMILES string of the molecule is COc1ccc(/C=C(\C(=O)O)c2ccccc2)c(OCCN2CCCCC2)c1. The van der Waals surface area contributed by atoms with Crippen molar-refractivity contribution in [2.24, 2.45) is 0 Å². The Bertz CT molecular complexity index is 811. The summed E-state index contributed by atoms with van der Waals surface area (Å²) < 4.78 is 11.4. The molecular formula is C23H27NO4. The van der Waals surface area contributed by atoms with Crippen LogP contribution in [0.4, 0.5) is 0 Å². The van der Waals surface area contributed by atoms with Gasteiger partial charge in [0.2, 0.25) is 0 Å². The van der Waals surface area contributed by atoms with Crippen molar-refractivity contribution < 1.29 is 19.4 Å². The van der Waals surface area contributed by atoms with Crippen LogP contribution in [0, 0.1) is 0 Å². The lowest BCUT2D eigenvalue weighted by atomic mass is 10.0. The summed E-state index contributed by atoms with van der Waals surface area (Å²) in [6.45, 7) is 3.66. The summed E-state index contributed by atoms with van der Waals surface area (Å²) in [5, 5.41) is 9.69. The number of carboxylic acids is 1. The van der Waals surface area contributed by atoms with Crippen molar-refractivity contribution in [1.29, 1.82) is 0 Å². The fourth-order valence-electron chi connectivity index (χ4n) is 3.40. The predicted octanol–water partition coefficient (Wildman–Crippen LogP) is 4.19. The van der Waals surface area contributed by atoms with Crippen molar-refractivity contribution in [2.45, 2.75) is 19.3 Å². The topological polar surface area (TPSA) is 59.0 Å². The number of aliphatic carboxylic acids is 1. The van der Waals surface area contributed by atoms with E-state index in [0.717, 1.165) is 25.2 Å². The van der Waals surface area contributed by atoms with Crippen LogP contribution in [0.15, 0.2) is 48.5 Å². The molecule has 5 heteroatoms. The van der Waals surface area contributed by atoms with Gasteiger partial charge in [0.1, 0.15) is 18.1 Å². The highest BCUT2D eigenvalue weighted by atomic mass is 16.5. The molecule has 1 aliphatic rings. The van der Waals surface area contributed by atoms with E-state index >= 15 is 0 Å². The molecule has 0 amide bonds. The van der Waals surface area contributed by atoms with E-state index in [-0.39, 0.29) is 5.57 Å². The van der Waals surface area contributed by atoms with Gasteiger partial charge in [0.05, 0.1) is 12.7 Å². The molecule has 0 radical (unpaired) electrons. The molecule has 0 aliphatic carbocycles. The molecule has 2 aromatic rings. The first-order valence-corrected chi connectivity index (χ1v) is 9.71. The van der Waals surface area contributed by atoms with Crippen molar-refractivity contribution in [1.82, 2.24) is 4.90 Å². The molecule has 28 heavy (non-hydrogen) atoms. The van der Waals surface area contributed by atoms with Gasteiger partial charge in [0.25, 0.3) is 0 Å². The Labute approximate surface area is 166 Å². The second kappa shape index (κ2) is 9.95. The number of hydrogen-bond donors (Lipinski definition) is 1. The van der Waals surface area contributed by atoms with Gasteiger partial charge in [0.15, 0.2) is 0 Å². The number of ether oxygens (including phenoxy) is 2. The highest BCUT2D eigenvalue weighted by Crippen LogP contribution is 2.29. The van der Waals surface area contributed by atoms with E-state index in [1.54, 1.807) is 25.3 Å². The molecule has 1 heterocycles. The first-order valence-electron chi connectivity index (χ1n) is 9.71. The lowest BCUT2D eigenvalue weighted by Crippen LogP contribution is -2.33. The predicted molar refractivity (Wildman–Crippen MR) is 111 cm³/mol. The van der Waals surface area contributed by atoms with Crippen molar-refractivity contribution in [3.05, 3.63) is 59.7 Å². The minimum Gasteiger partial charge on any atom is -0.497 e. The summed E-state index contributed by atoms with van der Waals surface area (Å²) in [4.78, 5) is 14.2. The van der Waals surface area contributed by atoms with Gasteiger partial charge < -0.3 is 14.6 Å². The molecule has 3 rings (SSSR count). The first-order chi connectivity index (χ1) is 13.7. The number of nitrogens with zero attached hydrogens (tertiary/aromatic N) is 1. The zero-order valence-corrected chi connectivity index (χ0v) is 16.3. The molecule has 0 spiro atoms. The third-order valence-corrected chi connectivity index (χ3v) is 4.95. The van der Waals surface area contributed by atoms with Crippen LogP contribution >= 0.6 is 0 Å². The van der Waals surface area contributed by atoms with Gasteiger partial charge in [-0.15, -0.1) is 0 Å². The molecule has 0 aromatic heterocycles. The number of carboxylic acid groups (broad SMARTS) is 1. The van der Waals surface area contributed by atoms with E-state index in [4.69, 9.17) is 9.47 Å². The third kappa shape index (κ3) is 5.36. The maximum absolute atomic E-state index is 11.8. The maximum atomic E-state index is 11.8. The average molecular weight is 381 g/mol. The van der Waals surface area contributed by atoms with Gasteiger partial charge in [0, 0.05) is 18.2 Å². The molecule has 0 atom stereocenters. The molecule has 1 aliphatic heterocycles. The van der Waals surface area contributed by atoms with Crippen molar-refractivity contribution >= 4 is 17.6 Å². The number of rotatable bonds is 8. The summed E-state index contributed by atoms with van der Waals surface area (Å²) >= 11 is 0. The molecule has 0 saturated carbocycles. The fraction of sp³-hybridized carbons (Fsp3) is 0.348. The van der Waals surface area contributed by atoms with Crippen LogP contribution < -0.4 is 9.47 Å². The van der Waals surface area contributed by atoms with E-state index in [2.05, 4.69) is 4.90 Å². The Kier molecular flexibility index (Phi) is 7.09. The number of methoxy groups -OCH3 is 1. The molecule has 2 aromatic carbocycles. The number of carbonyl (C=O) groups is 1. The number of piperidine rings is 1. The molecule has 1 fully saturated rings. The molecule has 5 nitrogen and oxygen atoms in total. The standard InChI is InChI=1S/C23H27NO4/c1-27-20-11-10-19(16-21(23(25)26)18-8-4-2-5-9-18)22(17-20)28-15-14-24-12-6-3-7-13-24/h2,4-5,8-11,16-17H,3,6-7,12-15H2,1H3,(H,25,26)/b21-16-. The van der Waals surface area contributed by atoms with Gasteiger partial charge in [-0.3, -0.25) is 4.90 Å². The number of likely N-dealkylation sites (tertiary alicyclic amines) is 1. The smallest absolute Gasteiger partial charge is 0.336 e. The fourth-order valence-corrected chi connectivity index (χ4v) is 3.40. The quantitative estimate of drug-likeness (QED) is 0.549. The average Bonchev–Trinajstić information content (AvgIpc) is 2.73. The highest BCUT2D eigenvalue weighted by Gasteiger charge is 2.14. The second-order valence-corrected chi connectivity index (χ2v) is 6.88. The van der Waals surface area contributed by atoms with Gasteiger partial charge in [-0.05, 0) is 49.7 Å². The van der Waals surface area contributed by atoms with Crippen LogP contribution in [-0.2, 0) is 4.79 Å². The van der Waals surface area contributed by atoms with E-state index in [1.165, 1.54) is 19.3 Å². The zero-order valence-electron chi connectivity index (χ0n) is 16.3. The third-order valence-electron chi connectivity index (χ3n) is 4.95. The minimum absolute atomic E-state index is 0.228. The summed E-state index contributed by atoms with van der Waals surface area (Å²) in [6, 6.07) is 14.6. The Balaban J connectivity index is 1.81. The lowest BCUT2D eigenvalue weighted by molar-refractivity contribution is -0.130. The first kappa shape index (κ1) is 20.0. The van der Waals surface area contributed by atoms with Gasteiger partial charge >= 0.3 is 5.97 Å². The summed E-state index contributed by atoms with van der Waals surface area (Å²) in [7, 11) is 1.61. The summed E-state index contributed by atoms with van der Waals surface area (Å²) in [5.41, 5.74) is 1.61. The number of hydrogen-bond acceptors (Lipinski definition) is 4. The number of benzene rings is 2. The Morgan fingerprint density at radius 3 is 2.54 bits per heavy atom. The van der Waals surface area contributed by atoms with Crippen LogP contribution in [0.1, 0.15) is 30.4 Å². The summed E-state index contributed by atoms with van der Waals surface area (Å²) in [5.74, 6) is 0.342. The van der Waals surface area contributed by atoms with Crippen molar-refractivity contribution in [3.8, 4) is 11.5 Å². The van der Waals surface area contributed by atoms with Crippen molar-refractivity contribution in [3.63, 3.8) is 0 Å². The van der Waals surface area contributed by atoms with Crippen LogP contribution in [0.3, 0.4) is 0 Å². The Morgan fingerprint density at radius 1 is 1.11 bits per heavy atom. The van der Waals surface area contributed by atoms with Crippen LogP contribution in [0.2, 0.25) is 0 Å². The van der Waals surface area contributed by atoms with E-state index in [0.29, 0.717) is 23.7 Å². The maximum Gasteiger partial charge on any atom is 0.336 e. The molecule has 1 N–H and O–H groups in total. The van der Waals surface area contributed by atoms with E-state index in [1.807, 2.05) is 36.4 Å². The van der Waals surface area contributed by atoms with Gasteiger partial charge in [-0.2, -0.15) is 0 Å². The molecule has 0 unspecified atom stereocenters. The molecule has 0 bridgehead atoms. The van der Waals surface area contributed by atoms with E-state index < -0.39 is 5.97 Å². The zero-order chi connectivity index (χ0) is 19.8. The highest BCUT2D eigenvalue weighted by molar-refractivity contribution is 6.20. The molecule has 1 saturated heterocycles. The summed E-state index contributed by atoms with van der Waals surface area (Å²) in [6.07, 6.45) is 5.45. The van der Waals surface area contributed by atoms with Crippen LogP contribution in [0.5, 0.6) is 11.5 Å². The van der Waals surface area contributed by atoms with Crippen LogP contribution in [-0.4, -0.2) is 49.3 Å². The Hall–Kier alpha value is -2.79. The molecular weight excluding hydrogens is 354 g/mol. The second-order valence-electron chi connectivity index (χ2n) is 6.88. The molecule has 148 valence electrons. The monoisotopic (exact) mass is 381 g/mol. The minimum atomic E-state index is -0.971. The Morgan fingerprint density at radius 2 is 1.86 bits per heavy atom. The normalized spacial score (nSPS) is 15.2. The van der Waals surface area contributed by atoms with Crippen LogP contribution in [0.25, 0.3) is 11.6 Å². The van der Waals surface area contributed by atoms with Gasteiger partial charge in [-0.1, -0.05) is 36.8 Å².